The van der Waals surface area contributed by atoms with Gasteiger partial charge in [-0.1, -0.05) is 29.3 Å². The normalized spacial score (nSPS) is 11.0. The van der Waals surface area contributed by atoms with Gasteiger partial charge in [-0.15, -0.1) is 11.3 Å². The summed E-state index contributed by atoms with van der Waals surface area (Å²) < 4.78 is 10.4. The average molecular weight is 432 g/mol. The van der Waals surface area contributed by atoms with Crippen LogP contribution in [0.3, 0.4) is 0 Å². The van der Waals surface area contributed by atoms with Gasteiger partial charge >= 0.3 is 11.6 Å². The van der Waals surface area contributed by atoms with Gasteiger partial charge in [-0.3, -0.25) is 4.79 Å². The van der Waals surface area contributed by atoms with Crippen molar-refractivity contribution >= 4 is 51.5 Å². The number of esters is 1. The lowest BCUT2D eigenvalue weighted by molar-refractivity contribution is -0.131. The van der Waals surface area contributed by atoms with E-state index in [4.69, 9.17) is 32.4 Å². The molecule has 8 heteroatoms. The first-order valence-electron chi connectivity index (χ1n) is 8.08. The lowest BCUT2D eigenvalue weighted by Crippen LogP contribution is -2.04. The van der Waals surface area contributed by atoms with E-state index in [1.807, 2.05) is 11.4 Å². The number of fused-ring (bicyclic) bond motifs is 1. The Bertz CT molecular complexity index is 1280. The minimum absolute atomic E-state index is 0.312. The fourth-order valence-corrected chi connectivity index (χ4v) is 3.79. The van der Waals surface area contributed by atoms with E-state index in [-0.39, 0.29) is 0 Å². The van der Waals surface area contributed by atoms with Crippen LogP contribution < -0.4 is 10.4 Å². The van der Waals surface area contributed by atoms with E-state index in [1.165, 1.54) is 24.3 Å². The highest BCUT2D eigenvalue weighted by atomic mass is 35.5. The number of hydrogen-bond acceptors (Lipinski definition) is 6. The predicted octanol–water partition coefficient (Wildman–Crippen LogP) is 5.82. The van der Waals surface area contributed by atoms with E-state index in [0.717, 1.165) is 5.56 Å². The number of rotatable bonds is 3. The van der Waals surface area contributed by atoms with Gasteiger partial charge in [0, 0.05) is 29.3 Å². The van der Waals surface area contributed by atoms with Crippen molar-refractivity contribution < 1.29 is 13.9 Å². The zero-order valence-corrected chi connectivity index (χ0v) is 16.7. The average Bonchev–Trinajstić information content (AvgIpc) is 3.12. The fraction of sp³-hybridized carbons (Fsp3) is 0.0500. The fourth-order valence-electron chi connectivity index (χ4n) is 2.66. The number of thiazole rings is 1. The molecule has 4 aromatic rings. The Morgan fingerprint density at radius 3 is 2.68 bits per heavy atom. The summed E-state index contributed by atoms with van der Waals surface area (Å²) in [7, 11) is 0. The minimum atomic E-state index is -0.525. The molecule has 0 fully saturated rings. The number of ether oxygens (including phenoxy) is 1. The summed E-state index contributed by atoms with van der Waals surface area (Å²) in [6.45, 7) is 1.30. The maximum Gasteiger partial charge on any atom is 0.346 e. The van der Waals surface area contributed by atoms with E-state index < -0.39 is 11.6 Å². The monoisotopic (exact) mass is 431 g/mol. The molecule has 0 atom stereocenters. The zero-order valence-electron chi connectivity index (χ0n) is 14.4. The van der Waals surface area contributed by atoms with Crippen LogP contribution in [0.15, 0.2) is 57.1 Å². The summed E-state index contributed by atoms with van der Waals surface area (Å²) in [5.74, 6) is -0.136. The van der Waals surface area contributed by atoms with Gasteiger partial charge in [-0.25, -0.2) is 9.78 Å². The first kappa shape index (κ1) is 18.7. The van der Waals surface area contributed by atoms with Crippen molar-refractivity contribution in [3.63, 3.8) is 0 Å². The Kier molecular flexibility index (Phi) is 4.93. The third-order valence-corrected chi connectivity index (χ3v) is 5.53. The second kappa shape index (κ2) is 7.39. The molecule has 2 heterocycles. The molecule has 140 valence electrons. The predicted molar refractivity (Wildman–Crippen MR) is 110 cm³/mol. The van der Waals surface area contributed by atoms with Crippen molar-refractivity contribution in [3.05, 3.63) is 68.3 Å². The second-order valence-corrected chi connectivity index (χ2v) is 7.58. The summed E-state index contributed by atoms with van der Waals surface area (Å²) in [5.41, 5.74) is 1.64. The molecule has 0 saturated carbocycles. The Hall–Kier alpha value is -2.67. The summed E-state index contributed by atoms with van der Waals surface area (Å²) in [6, 6.07) is 11.8. The van der Waals surface area contributed by atoms with E-state index in [1.54, 1.807) is 30.3 Å². The molecule has 0 saturated heterocycles. The lowest BCUT2D eigenvalue weighted by atomic mass is 10.1. The van der Waals surface area contributed by atoms with Gasteiger partial charge in [0.25, 0.3) is 0 Å². The molecule has 0 aliphatic heterocycles. The van der Waals surface area contributed by atoms with Gasteiger partial charge < -0.3 is 9.15 Å². The standard InChI is InChI=1S/C20H11Cl2NO4S/c1-10(24)26-13-4-2-12-6-14(20(25)27-18(12)8-13)19-23-17(9-28-19)11-3-5-15(21)16(22)7-11/h2-9H,1H3. The highest BCUT2D eigenvalue weighted by Crippen LogP contribution is 2.32. The number of carbonyl (C=O) groups excluding carboxylic acids is 1. The van der Waals surface area contributed by atoms with Crippen LogP contribution in [0.25, 0.3) is 32.8 Å². The van der Waals surface area contributed by atoms with Crippen molar-refractivity contribution in [2.75, 3.05) is 0 Å². The molecular formula is C20H11Cl2NO4S. The molecule has 0 spiro atoms. The molecule has 0 radical (unpaired) electrons. The molecule has 4 rings (SSSR count). The molecule has 0 amide bonds. The highest BCUT2D eigenvalue weighted by Gasteiger charge is 2.14. The molecule has 0 aliphatic carbocycles. The van der Waals surface area contributed by atoms with E-state index in [9.17, 15) is 9.59 Å². The van der Waals surface area contributed by atoms with E-state index in [2.05, 4.69) is 4.98 Å². The Balaban J connectivity index is 1.74. The van der Waals surface area contributed by atoms with Crippen LogP contribution in [0.4, 0.5) is 0 Å². The van der Waals surface area contributed by atoms with Crippen LogP contribution in [0.2, 0.25) is 10.0 Å². The topological polar surface area (TPSA) is 69.4 Å². The van der Waals surface area contributed by atoms with Crippen molar-refractivity contribution in [2.45, 2.75) is 6.92 Å². The first-order chi connectivity index (χ1) is 13.4. The van der Waals surface area contributed by atoms with E-state index >= 15 is 0 Å². The first-order valence-corrected chi connectivity index (χ1v) is 9.72. The third-order valence-electron chi connectivity index (χ3n) is 3.92. The van der Waals surface area contributed by atoms with Crippen molar-refractivity contribution in [1.29, 1.82) is 0 Å². The van der Waals surface area contributed by atoms with Crippen LogP contribution in [0, 0.1) is 0 Å². The van der Waals surface area contributed by atoms with Gasteiger partial charge in [0.1, 0.15) is 16.3 Å². The number of carbonyl (C=O) groups is 1. The molecule has 2 aromatic heterocycles. The zero-order chi connectivity index (χ0) is 19.8. The van der Waals surface area contributed by atoms with Crippen LogP contribution in [-0.4, -0.2) is 11.0 Å². The SMILES string of the molecule is CC(=O)Oc1ccc2cc(-c3nc(-c4ccc(Cl)c(Cl)c4)cs3)c(=O)oc2c1. The largest absolute Gasteiger partial charge is 0.427 e. The minimum Gasteiger partial charge on any atom is -0.427 e. The third kappa shape index (κ3) is 3.67. The Labute approximate surface area is 173 Å². The van der Waals surface area contributed by atoms with Crippen molar-refractivity contribution in [3.8, 4) is 27.6 Å². The number of hydrogen-bond donors (Lipinski definition) is 0. The van der Waals surface area contributed by atoms with Gasteiger partial charge in [0.15, 0.2) is 0 Å². The second-order valence-electron chi connectivity index (χ2n) is 5.91. The quantitative estimate of drug-likeness (QED) is 0.232. The van der Waals surface area contributed by atoms with Gasteiger partial charge in [0.05, 0.1) is 21.3 Å². The molecule has 2 aromatic carbocycles. The van der Waals surface area contributed by atoms with E-state index in [0.29, 0.717) is 43.0 Å². The Morgan fingerprint density at radius 2 is 1.93 bits per heavy atom. The molecular weight excluding hydrogens is 421 g/mol. The van der Waals surface area contributed by atoms with Crippen LogP contribution in [0.5, 0.6) is 5.75 Å². The molecule has 0 unspecified atom stereocenters. The molecule has 0 bridgehead atoms. The molecule has 28 heavy (non-hydrogen) atoms. The summed E-state index contributed by atoms with van der Waals surface area (Å²) >= 11 is 13.3. The number of nitrogens with zero attached hydrogens (tertiary/aromatic N) is 1. The summed E-state index contributed by atoms with van der Waals surface area (Å²) in [5, 5.41) is 3.95. The van der Waals surface area contributed by atoms with Crippen molar-refractivity contribution in [1.82, 2.24) is 4.98 Å². The summed E-state index contributed by atoms with van der Waals surface area (Å²) in [6.07, 6.45) is 0. The Morgan fingerprint density at radius 1 is 1.11 bits per heavy atom. The smallest absolute Gasteiger partial charge is 0.346 e. The molecule has 0 N–H and O–H groups in total. The van der Waals surface area contributed by atoms with Gasteiger partial charge in [-0.05, 0) is 30.3 Å². The molecule has 0 aliphatic rings. The maximum absolute atomic E-state index is 12.5. The van der Waals surface area contributed by atoms with Crippen LogP contribution in [0.1, 0.15) is 6.92 Å². The number of halogens is 2. The maximum atomic E-state index is 12.5. The van der Waals surface area contributed by atoms with Gasteiger partial charge in [-0.2, -0.15) is 0 Å². The summed E-state index contributed by atoms with van der Waals surface area (Å²) in [4.78, 5) is 28.1. The highest BCUT2D eigenvalue weighted by molar-refractivity contribution is 7.13. The van der Waals surface area contributed by atoms with Crippen LogP contribution in [-0.2, 0) is 4.79 Å². The van der Waals surface area contributed by atoms with Gasteiger partial charge in [0.2, 0.25) is 0 Å². The number of benzene rings is 2. The lowest BCUT2D eigenvalue weighted by Gasteiger charge is -2.03. The van der Waals surface area contributed by atoms with Crippen molar-refractivity contribution in [2.24, 2.45) is 0 Å². The number of aromatic nitrogens is 1. The molecule has 5 nitrogen and oxygen atoms in total. The van der Waals surface area contributed by atoms with Crippen LogP contribution >= 0.6 is 34.5 Å².